The lowest BCUT2D eigenvalue weighted by Gasteiger charge is -2.20. The first-order chi connectivity index (χ1) is 8.47. The minimum Gasteiger partial charge on any atom is -0.390 e. The molecule has 1 aliphatic rings. The van der Waals surface area contributed by atoms with E-state index in [0.29, 0.717) is 18.4 Å². The predicted octanol–water partition coefficient (Wildman–Crippen LogP) is 0.233. The predicted molar refractivity (Wildman–Crippen MR) is 71.3 cm³/mol. The van der Waals surface area contributed by atoms with Gasteiger partial charge in [-0.3, -0.25) is 4.90 Å². The molecular weight excluding hydrogens is 230 g/mol. The van der Waals surface area contributed by atoms with Gasteiger partial charge >= 0.3 is 0 Å². The van der Waals surface area contributed by atoms with Crippen molar-refractivity contribution < 1.29 is 5.11 Å². The van der Waals surface area contributed by atoms with Gasteiger partial charge in [0.2, 0.25) is 5.95 Å². The molecule has 6 nitrogen and oxygen atoms in total. The molecule has 1 aromatic heterocycles. The number of hydrogen-bond donors (Lipinski definition) is 3. The summed E-state index contributed by atoms with van der Waals surface area (Å²) in [6, 6.07) is 0.420. The van der Waals surface area contributed by atoms with Gasteiger partial charge in [-0.25, -0.2) is 4.98 Å². The lowest BCUT2D eigenvalue weighted by Crippen LogP contribution is -2.33. The van der Waals surface area contributed by atoms with Gasteiger partial charge in [-0.05, 0) is 20.8 Å². The summed E-state index contributed by atoms with van der Waals surface area (Å²) < 4.78 is 0. The first-order valence-electron chi connectivity index (χ1n) is 6.25. The van der Waals surface area contributed by atoms with Gasteiger partial charge in [-0.15, -0.1) is 0 Å². The van der Waals surface area contributed by atoms with Gasteiger partial charge in [-0.1, -0.05) is 0 Å². The summed E-state index contributed by atoms with van der Waals surface area (Å²) in [5, 5.41) is 13.3. The van der Waals surface area contributed by atoms with Crippen molar-refractivity contribution in [2.45, 2.75) is 39.0 Å². The van der Waals surface area contributed by atoms with Crippen LogP contribution in [0.15, 0.2) is 6.20 Å². The van der Waals surface area contributed by atoms with Crippen LogP contribution in [0.4, 0.5) is 11.8 Å². The molecule has 1 aromatic rings. The number of nitrogens with zero attached hydrogens (tertiary/aromatic N) is 3. The highest BCUT2D eigenvalue weighted by Gasteiger charge is 2.32. The molecule has 1 saturated heterocycles. The largest absolute Gasteiger partial charge is 0.390 e. The highest BCUT2D eigenvalue weighted by Crippen LogP contribution is 2.19. The van der Waals surface area contributed by atoms with E-state index in [-0.39, 0.29) is 18.1 Å². The minimum absolute atomic E-state index is 0.0135. The van der Waals surface area contributed by atoms with Crippen molar-refractivity contribution in [3.63, 3.8) is 0 Å². The van der Waals surface area contributed by atoms with E-state index >= 15 is 0 Å². The second-order valence-electron chi connectivity index (χ2n) is 5.13. The average Bonchev–Trinajstić information content (AvgIpc) is 2.66. The molecule has 1 fully saturated rings. The SMILES string of the molecule is Cc1cnc(N)nc1N[C@H]1CN(C(C)C)C[C@@H]1O. The molecule has 2 rings (SSSR count). The molecular formula is C12H21N5O. The number of β-amino-alcohol motifs (C(OH)–C–C–N with tert-alkyl or cyclic N) is 1. The van der Waals surface area contributed by atoms with E-state index in [4.69, 9.17) is 5.73 Å². The highest BCUT2D eigenvalue weighted by molar-refractivity contribution is 5.46. The Balaban J connectivity index is 2.08. The number of aliphatic hydroxyl groups is 1. The molecule has 18 heavy (non-hydrogen) atoms. The number of aryl methyl sites for hydroxylation is 1. The van der Waals surface area contributed by atoms with Crippen molar-refractivity contribution in [1.29, 1.82) is 0 Å². The monoisotopic (exact) mass is 251 g/mol. The van der Waals surface area contributed by atoms with Crippen molar-refractivity contribution in [3.8, 4) is 0 Å². The van der Waals surface area contributed by atoms with Gasteiger partial charge < -0.3 is 16.2 Å². The van der Waals surface area contributed by atoms with Crippen LogP contribution in [0.1, 0.15) is 19.4 Å². The van der Waals surface area contributed by atoms with E-state index in [9.17, 15) is 5.11 Å². The second kappa shape index (κ2) is 5.07. The quantitative estimate of drug-likeness (QED) is 0.713. The van der Waals surface area contributed by atoms with E-state index in [1.165, 1.54) is 0 Å². The molecule has 0 unspecified atom stereocenters. The number of hydrogen-bond acceptors (Lipinski definition) is 6. The second-order valence-corrected chi connectivity index (χ2v) is 5.13. The Morgan fingerprint density at radius 2 is 2.22 bits per heavy atom. The van der Waals surface area contributed by atoms with Crippen LogP contribution in [-0.4, -0.2) is 51.3 Å². The molecule has 4 N–H and O–H groups in total. The molecule has 0 aromatic carbocycles. The van der Waals surface area contributed by atoms with Crippen LogP contribution in [0.25, 0.3) is 0 Å². The molecule has 1 aliphatic heterocycles. The van der Waals surface area contributed by atoms with Crippen LogP contribution in [-0.2, 0) is 0 Å². The van der Waals surface area contributed by atoms with E-state index in [0.717, 1.165) is 12.1 Å². The van der Waals surface area contributed by atoms with Crippen LogP contribution >= 0.6 is 0 Å². The summed E-state index contributed by atoms with van der Waals surface area (Å²) in [6.07, 6.45) is 1.30. The summed E-state index contributed by atoms with van der Waals surface area (Å²) in [4.78, 5) is 10.3. The molecule has 0 spiro atoms. The Hall–Kier alpha value is -1.40. The van der Waals surface area contributed by atoms with Crippen LogP contribution in [0, 0.1) is 6.92 Å². The van der Waals surface area contributed by atoms with Crippen molar-refractivity contribution >= 4 is 11.8 Å². The van der Waals surface area contributed by atoms with E-state index < -0.39 is 0 Å². The fourth-order valence-corrected chi connectivity index (χ4v) is 2.16. The minimum atomic E-state index is -0.386. The molecule has 100 valence electrons. The highest BCUT2D eigenvalue weighted by atomic mass is 16.3. The van der Waals surface area contributed by atoms with Crippen LogP contribution in [0.5, 0.6) is 0 Å². The van der Waals surface area contributed by atoms with E-state index in [2.05, 4.69) is 34.0 Å². The molecule has 2 atom stereocenters. The van der Waals surface area contributed by atoms with E-state index in [1.807, 2.05) is 6.92 Å². The topological polar surface area (TPSA) is 87.3 Å². The Morgan fingerprint density at radius 1 is 1.50 bits per heavy atom. The summed E-state index contributed by atoms with van der Waals surface area (Å²) in [5.74, 6) is 0.952. The van der Waals surface area contributed by atoms with Gasteiger partial charge in [0, 0.05) is 30.9 Å². The van der Waals surface area contributed by atoms with E-state index in [1.54, 1.807) is 6.20 Å². The number of nitrogen functional groups attached to an aromatic ring is 1. The molecule has 0 aliphatic carbocycles. The molecule has 6 heteroatoms. The molecule has 0 bridgehead atoms. The van der Waals surface area contributed by atoms with Gasteiger partial charge in [0.15, 0.2) is 0 Å². The maximum Gasteiger partial charge on any atom is 0.221 e. The number of anilines is 2. The lowest BCUT2D eigenvalue weighted by molar-refractivity contribution is 0.161. The Bertz CT molecular complexity index is 423. The zero-order valence-corrected chi connectivity index (χ0v) is 11.1. The van der Waals surface area contributed by atoms with Crippen molar-refractivity contribution in [2.75, 3.05) is 24.1 Å². The summed E-state index contributed by atoms with van der Waals surface area (Å²) >= 11 is 0. The summed E-state index contributed by atoms with van der Waals surface area (Å²) in [6.45, 7) is 7.67. The zero-order valence-electron chi connectivity index (χ0n) is 11.1. The fourth-order valence-electron chi connectivity index (χ4n) is 2.16. The molecule has 0 saturated carbocycles. The first kappa shape index (κ1) is 13.0. The number of likely N-dealkylation sites (tertiary alicyclic amines) is 1. The maximum absolute atomic E-state index is 10.1. The van der Waals surface area contributed by atoms with Gasteiger partial charge in [0.25, 0.3) is 0 Å². The fraction of sp³-hybridized carbons (Fsp3) is 0.667. The number of aliphatic hydroxyl groups excluding tert-OH is 1. The average molecular weight is 251 g/mol. The van der Waals surface area contributed by atoms with Crippen LogP contribution in [0.3, 0.4) is 0 Å². The Labute approximate surface area is 107 Å². The van der Waals surface area contributed by atoms with Gasteiger partial charge in [0.05, 0.1) is 12.1 Å². The smallest absolute Gasteiger partial charge is 0.221 e. The Morgan fingerprint density at radius 3 is 2.83 bits per heavy atom. The van der Waals surface area contributed by atoms with Crippen LogP contribution < -0.4 is 11.1 Å². The van der Waals surface area contributed by atoms with Crippen LogP contribution in [0.2, 0.25) is 0 Å². The molecule has 2 heterocycles. The molecule has 0 radical (unpaired) electrons. The third-order valence-electron chi connectivity index (χ3n) is 3.36. The standard InChI is InChI=1S/C12H21N5O/c1-7(2)17-5-9(10(18)6-17)15-11-8(3)4-14-12(13)16-11/h4,7,9-10,18H,5-6H2,1-3H3,(H3,13,14,15,16)/t9-,10-/m0/s1. The number of aromatic nitrogens is 2. The van der Waals surface area contributed by atoms with Crippen molar-refractivity contribution in [2.24, 2.45) is 0 Å². The lowest BCUT2D eigenvalue weighted by atomic mass is 10.2. The molecule has 0 amide bonds. The third-order valence-corrected chi connectivity index (χ3v) is 3.36. The maximum atomic E-state index is 10.1. The third kappa shape index (κ3) is 2.70. The van der Waals surface area contributed by atoms with Crippen molar-refractivity contribution in [1.82, 2.24) is 14.9 Å². The van der Waals surface area contributed by atoms with Gasteiger partial charge in [-0.2, -0.15) is 4.98 Å². The first-order valence-corrected chi connectivity index (χ1v) is 6.25. The number of nitrogens with two attached hydrogens (primary N) is 1. The summed E-state index contributed by atoms with van der Waals surface area (Å²) in [7, 11) is 0. The van der Waals surface area contributed by atoms with Crippen molar-refractivity contribution in [3.05, 3.63) is 11.8 Å². The number of rotatable bonds is 3. The summed E-state index contributed by atoms with van der Waals surface area (Å²) in [5.41, 5.74) is 6.51. The van der Waals surface area contributed by atoms with Gasteiger partial charge in [0.1, 0.15) is 5.82 Å². The zero-order chi connectivity index (χ0) is 13.3. The normalized spacial score (nSPS) is 24.7. The number of nitrogens with one attached hydrogen (secondary N) is 1. The Kier molecular flexibility index (Phi) is 3.68.